The molecule has 0 fully saturated rings. The molecule has 48 heavy (non-hydrogen) atoms. The molecule has 0 N–H and O–H groups in total. The zero-order valence-electron chi connectivity index (χ0n) is 26.9. The smallest absolute Gasteiger partial charge is 0.320 e. The predicted molar refractivity (Wildman–Crippen MR) is 175 cm³/mol. The summed E-state index contributed by atoms with van der Waals surface area (Å²) in [5, 5.41) is 0. The Morgan fingerprint density at radius 3 is 1.35 bits per heavy atom. The van der Waals surface area contributed by atoms with Gasteiger partial charge >= 0.3 is 11.9 Å². The van der Waals surface area contributed by atoms with E-state index in [9.17, 15) is 28.8 Å². The van der Waals surface area contributed by atoms with Crippen molar-refractivity contribution in [2.45, 2.75) is 88.9 Å². The van der Waals surface area contributed by atoms with Crippen LogP contribution in [0, 0.1) is 0 Å². The number of para-hydroxylation sites is 2. The van der Waals surface area contributed by atoms with E-state index in [2.05, 4.69) is 0 Å². The van der Waals surface area contributed by atoms with Crippen molar-refractivity contribution in [2.24, 2.45) is 0 Å². The molecule has 4 aliphatic rings. The second kappa shape index (κ2) is 12.5. The number of ether oxygens (including phenoxy) is 2. The van der Waals surface area contributed by atoms with E-state index in [0.29, 0.717) is 46.5 Å². The zero-order chi connectivity index (χ0) is 33.7. The summed E-state index contributed by atoms with van der Waals surface area (Å²) in [5.74, 6) is -6.79. The summed E-state index contributed by atoms with van der Waals surface area (Å²) in [6, 6.07) is 17.0. The van der Waals surface area contributed by atoms with Crippen molar-refractivity contribution in [1.29, 1.82) is 0 Å². The Labute approximate surface area is 278 Å². The summed E-state index contributed by atoms with van der Waals surface area (Å²) in [5.41, 5.74) is 2.74. The molecule has 246 valence electrons. The maximum Gasteiger partial charge on any atom is 0.320 e. The fraction of sp³-hybridized carbons (Fsp3) is 0.368. The number of amides is 4. The van der Waals surface area contributed by atoms with Gasteiger partial charge in [0.1, 0.15) is 23.3 Å². The summed E-state index contributed by atoms with van der Waals surface area (Å²) in [6.45, 7) is 4.07. The van der Waals surface area contributed by atoms with Gasteiger partial charge in [0.25, 0.3) is 0 Å². The summed E-state index contributed by atoms with van der Waals surface area (Å²) in [7, 11) is 0. The van der Waals surface area contributed by atoms with Gasteiger partial charge in [-0.3, -0.25) is 28.8 Å². The van der Waals surface area contributed by atoms with Gasteiger partial charge < -0.3 is 9.47 Å². The van der Waals surface area contributed by atoms with Crippen LogP contribution in [0.3, 0.4) is 0 Å². The fourth-order valence-corrected chi connectivity index (χ4v) is 7.61. The monoisotopic (exact) mass is 648 g/mol. The molecule has 10 heteroatoms. The minimum atomic E-state index is -1.07. The van der Waals surface area contributed by atoms with E-state index >= 15 is 0 Å². The van der Waals surface area contributed by atoms with Crippen LogP contribution in [0.1, 0.15) is 111 Å². The van der Waals surface area contributed by atoms with Crippen LogP contribution in [-0.2, 0) is 28.8 Å². The van der Waals surface area contributed by atoms with E-state index in [0.717, 1.165) is 25.7 Å². The minimum Gasteiger partial charge on any atom is -0.426 e. The van der Waals surface area contributed by atoms with Gasteiger partial charge in [-0.05, 0) is 48.2 Å². The van der Waals surface area contributed by atoms with E-state index in [4.69, 9.17) is 9.47 Å². The Morgan fingerprint density at radius 2 is 0.958 bits per heavy atom. The summed E-state index contributed by atoms with van der Waals surface area (Å²) in [6.07, 6.45) is 5.30. The second-order valence-corrected chi connectivity index (χ2v) is 12.8. The lowest BCUT2D eigenvalue weighted by molar-refractivity contribution is -0.137. The van der Waals surface area contributed by atoms with Crippen LogP contribution in [0.15, 0.2) is 60.7 Å². The maximum absolute atomic E-state index is 14.0. The normalized spacial score (nSPS) is 22.0. The molecule has 3 aromatic rings. The third kappa shape index (κ3) is 4.93. The molecule has 0 radical (unpaired) electrons. The van der Waals surface area contributed by atoms with Crippen LogP contribution in [-0.4, -0.2) is 35.6 Å². The SMILES string of the molecule is CCCCCC(=O)N1C(=O)C(C2C(=O)Oc3cc4c(cc32)OC(=O)C4C2C(=O)N(C(=O)CCCCC)c3ccccc32)c2ccccc21. The van der Waals surface area contributed by atoms with Crippen molar-refractivity contribution < 1.29 is 38.2 Å². The van der Waals surface area contributed by atoms with Gasteiger partial charge in [-0.2, -0.15) is 0 Å². The van der Waals surface area contributed by atoms with Gasteiger partial charge in [-0.15, -0.1) is 0 Å². The highest BCUT2D eigenvalue weighted by molar-refractivity contribution is 6.23. The molecule has 4 unspecified atom stereocenters. The third-order valence-electron chi connectivity index (χ3n) is 9.89. The van der Waals surface area contributed by atoms with Crippen LogP contribution in [0.4, 0.5) is 11.4 Å². The van der Waals surface area contributed by atoms with Crippen LogP contribution >= 0.6 is 0 Å². The average Bonchev–Trinajstić information content (AvgIpc) is 3.74. The number of unbranched alkanes of at least 4 members (excludes halogenated alkanes) is 4. The molecule has 7 rings (SSSR count). The quantitative estimate of drug-likeness (QED) is 0.145. The lowest BCUT2D eigenvalue weighted by atomic mass is 9.80. The minimum absolute atomic E-state index is 0.163. The molecular formula is C38H36N2O8. The van der Waals surface area contributed by atoms with Gasteiger partial charge in [-0.1, -0.05) is 75.9 Å². The highest BCUT2D eigenvalue weighted by Gasteiger charge is 2.54. The lowest BCUT2D eigenvalue weighted by Crippen LogP contribution is -2.37. The van der Waals surface area contributed by atoms with E-state index in [1.807, 2.05) is 13.8 Å². The molecule has 0 bridgehead atoms. The standard InChI is InChI=1S/C38H36N2O8/c1-3-5-7-17-29(41)39-25-15-11-9-13-21(25)31(35(39)43)33-23-19-28-24(20-27(23)47-37(33)45)34(38(46)48-28)32-22-14-10-12-16-26(22)40(36(32)44)30(42)18-8-6-4-2/h9-16,19-20,31-34H,3-8,17-18H2,1-2H3. The van der Waals surface area contributed by atoms with Crippen molar-refractivity contribution in [3.63, 3.8) is 0 Å². The van der Waals surface area contributed by atoms with Gasteiger partial charge in [0, 0.05) is 24.0 Å². The van der Waals surface area contributed by atoms with Crippen LogP contribution in [0.25, 0.3) is 0 Å². The number of carbonyl (C=O) groups excluding carboxylic acids is 6. The lowest BCUT2D eigenvalue weighted by Gasteiger charge is -2.18. The van der Waals surface area contributed by atoms with Crippen molar-refractivity contribution >= 4 is 46.9 Å². The number of nitrogens with zero attached hydrogens (tertiary/aromatic N) is 2. The summed E-state index contributed by atoms with van der Waals surface area (Å²) in [4.78, 5) is 83.9. The van der Waals surface area contributed by atoms with Crippen LogP contribution < -0.4 is 19.3 Å². The van der Waals surface area contributed by atoms with E-state index in [1.54, 1.807) is 60.7 Å². The topological polar surface area (TPSA) is 127 Å². The molecule has 0 aromatic heterocycles. The van der Waals surface area contributed by atoms with Crippen LogP contribution in [0.2, 0.25) is 0 Å². The molecule has 3 aromatic carbocycles. The molecule has 4 atom stereocenters. The van der Waals surface area contributed by atoms with E-state index < -0.39 is 47.4 Å². The first-order chi connectivity index (χ1) is 23.3. The molecule has 0 saturated carbocycles. The Kier molecular flexibility index (Phi) is 8.19. The molecule has 4 heterocycles. The molecule has 4 amide bonds. The number of benzene rings is 3. The summed E-state index contributed by atoms with van der Waals surface area (Å²) >= 11 is 0. The molecule has 0 saturated heterocycles. The van der Waals surface area contributed by atoms with E-state index in [1.165, 1.54) is 9.80 Å². The highest BCUT2D eigenvalue weighted by atomic mass is 16.5. The first-order valence-corrected chi connectivity index (χ1v) is 16.8. The van der Waals surface area contributed by atoms with Crippen molar-refractivity contribution in [1.82, 2.24) is 0 Å². The Balaban J connectivity index is 1.22. The predicted octanol–water partition coefficient (Wildman–Crippen LogP) is 6.17. The van der Waals surface area contributed by atoms with Gasteiger partial charge in [0.2, 0.25) is 23.6 Å². The number of esters is 2. The Hall–Kier alpha value is -5.12. The molecule has 4 aliphatic heterocycles. The van der Waals surface area contributed by atoms with Gasteiger partial charge in [-0.25, -0.2) is 9.80 Å². The largest absolute Gasteiger partial charge is 0.426 e. The zero-order valence-corrected chi connectivity index (χ0v) is 26.9. The number of imide groups is 2. The molecule has 10 nitrogen and oxygen atoms in total. The number of carbonyl (C=O) groups is 6. The number of fused-ring (bicyclic) bond motifs is 4. The molecule has 0 aliphatic carbocycles. The third-order valence-corrected chi connectivity index (χ3v) is 9.89. The van der Waals surface area contributed by atoms with Gasteiger partial charge in [0.05, 0.1) is 23.2 Å². The fourth-order valence-electron chi connectivity index (χ4n) is 7.61. The van der Waals surface area contributed by atoms with Gasteiger partial charge in [0.15, 0.2) is 0 Å². The van der Waals surface area contributed by atoms with Crippen molar-refractivity contribution in [2.75, 3.05) is 9.80 Å². The van der Waals surface area contributed by atoms with Crippen LogP contribution in [0.5, 0.6) is 11.5 Å². The first-order valence-electron chi connectivity index (χ1n) is 16.8. The molecule has 0 spiro atoms. The average molecular weight is 649 g/mol. The number of rotatable bonds is 10. The summed E-state index contributed by atoms with van der Waals surface area (Å²) < 4.78 is 11.5. The Bertz CT molecular complexity index is 1750. The first kappa shape index (κ1) is 31.5. The number of hydrogen-bond acceptors (Lipinski definition) is 8. The number of hydrogen-bond donors (Lipinski definition) is 0. The van der Waals surface area contributed by atoms with Crippen molar-refractivity contribution in [3.05, 3.63) is 82.9 Å². The maximum atomic E-state index is 14.0. The van der Waals surface area contributed by atoms with E-state index in [-0.39, 0.29) is 36.2 Å². The number of anilines is 2. The molecular weight excluding hydrogens is 612 g/mol. The Morgan fingerprint density at radius 1 is 0.562 bits per heavy atom. The second-order valence-electron chi connectivity index (χ2n) is 12.8. The van der Waals surface area contributed by atoms with Crippen molar-refractivity contribution in [3.8, 4) is 11.5 Å². The highest BCUT2D eigenvalue weighted by Crippen LogP contribution is 2.56.